The number of hydrogen-bond acceptors (Lipinski definition) is 4. The summed E-state index contributed by atoms with van der Waals surface area (Å²) in [7, 11) is 1.67. The number of rotatable bonds is 3. The van der Waals surface area contributed by atoms with Crippen LogP contribution in [0.2, 0.25) is 0 Å². The van der Waals surface area contributed by atoms with E-state index in [-0.39, 0.29) is 5.91 Å². The van der Waals surface area contributed by atoms with Gasteiger partial charge in [-0.05, 0) is 55.5 Å². The fraction of sp³-hybridized carbons (Fsp3) is 0.273. The van der Waals surface area contributed by atoms with Crippen LogP contribution in [0.3, 0.4) is 0 Å². The Bertz CT molecular complexity index is 1010. The summed E-state index contributed by atoms with van der Waals surface area (Å²) in [5.74, 6) is 0.923. The number of anilines is 1. The van der Waals surface area contributed by atoms with Crippen molar-refractivity contribution in [2.45, 2.75) is 6.92 Å². The quantitative estimate of drug-likeness (QED) is 0.610. The zero-order chi connectivity index (χ0) is 19.7. The normalized spacial score (nSPS) is 14.4. The van der Waals surface area contributed by atoms with Crippen LogP contribution in [-0.2, 0) is 0 Å². The number of halogens is 1. The SMILES string of the molecule is COc1ccc(N2CCN(C(=O)c3cc(C)nc4ccc(Br)cc34)CC2)cc1. The molecule has 0 unspecified atom stereocenters. The predicted molar refractivity (Wildman–Crippen MR) is 115 cm³/mol. The number of benzene rings is 2. The number of aryl methyl sites for hydroxylation is 1. The number of nitrogens with zero attached hydrogens (tertiary/aromatic N) is 3. The molecule has 1 aliphatic rings. The first-order chi connectivity index (χ1) is 13.5. The molecule has 1 amide bonds. The highest BCUT2D eigenvalue weighted by atomic mass is 79.9. The first kappa shape index (κ1) is 18.7. The Balaban J connectivity index is 1.52. The molecule has 0 saturated carbocycles. The van der Waals surface area contributed by atoms with Crippen molar-refractivity contribution in [1.29, 1.82) is 0 Å². The van der Waals surface area contributed by atoms with Crippen LogP contribution in [0.5, 0.6) is 5.75 Å². The third-order valence-electron chi connectivity index (χ3n) is 5.13. The maximum Gasteiger partial charge on any atom is 0.254 e. The largest absolute Gasteiger partial charge is 0.497 e. The second kappa shape index (κ2) is 7.80. The number of ether oxygens (including phenoxy) is 1. The molecule has 1 aliphatic heterocycles. The number of hydrogen-bond donors (Lipinski definition) is 0. The Morgan fingerprint density at radius 3 is 2.43 bits per heavy atom. The molecule has 1 saturated heterocycles. The molecule has 1 aromatic heterocycles. The summed E-state index contributed by atoms with van der Waals surface area (Å²) >= 11 is 3.51. The molecule has 1 fully saturated rings. The van der Waals surface area contributed by atoms with Gasteiger partial charge in [-0.3, -0.25) is 9.78 Å². The van der Waals surface area contributed by atoms with Crippen molar-refractivity contribution < 1.29 is 9.53 Å². The van der Waals surface area contributed by atoms with Gasteiger partial charge in [-0.15, -0.1) is 0 Å². The fourth-order valence-electron chi connectivity index (χ4n) is 3.64. The van der Waals surface area contributed by atoms with Crippen LogP contribution >= 0.6 is 15.9 Å². The molecule has 28 heavy (non-hydrogen) atoms. The van der Waals surface area contributed by atoms with E-state index in [0.717, 1.165) is 51.2 Å². The van der Waals surface area contributed by atoms with Gasteiger partial charge in [-0.2, -0.15) is 0 Å². The van der Waals surface area contributed by atoms with Crippen molar-refractivity contribution in [1.82, 2.24) is 9.88 Å². The van der Waals surface area contributed by atoms with E-state index < -0.39 is 0 Å². The summed E-state index contributed by atoms with van der Waals surface area (Å²) in [6, 6.07) is 15.8. The molecule has 0 N–H and O–H groups in total. The summed E-state index contributed by atoms with van der Waals surface area (Å²) in [6.45, 7) is 4.94. The number of methoxy groups -OCH3 is 1. The summed E-state index contributed by atoms with van der Waals surface area (Å²) < 4.78 is 6.18. The number of pyridine rings is 1. The lowest BCUT2D eigenvalue weighted by Gasteiger charge is -2.36. The molecule has 0 radical (unpaired) electrons. The molecule has 144 valence electrons. The lowest BCUT2D eigenvalue weighted by Crippen LogP contribution is -2.48. The maximum atomic E-state index is 13.3. The number of carbonyl (C=O) groups excluding carboxylic acids is 1. The van der Waals surface area contributed by atoms with Crippen molar-refractivity contribution in [3.63, 3.8) is 0 Å². The van der Waals surface area contributed by atoms with Gasteiger partial charge in [0.25, 0.3) is 5.91 Å². The van der Waals surface area contributed by atoms with Crippen molar-refractivity contribution in [3.05, 3.63) is 64.3 Å². The van der Waals surface area contributed by atoms with Gasteiger partial charge in [0.05, 0.1) is 18.2 Å². The van der Waals surface area contributed by atoms with E-state index in [1.165, 1.54) is 0 Å². The first-order valence-corrected chi connectivity index (χ1v) is 10.1. The zero-order valence-electron chi connectivity index (χ0n) is 16.0. The van der Waals surface area contributed by atoms with Gasteiger partial charge in [0, 0.05) is 47.4 Å². The average Bonchev–Trinajstić information content (AvgIpc) is 2.73. The van der Waals surface area contributed by atoms with Crippen molar-refractivity contribution in [2.24, 2.45) is 0 Å². The van der Waals surface area contributed by atoms with Crippen LogP contribution in [0.1, 0.15) is 16.1 Å². The predicted octanol–water partition coefficient (Wildman–Crippen LogP) is 4.28. The van der Waals surface area contributed by atoms with E-state index in [4.69, 9.17) is 4.74 Å². The van der Waals surface area contributed by atoms with Gasteiger partial charge in [-0.25, -0.2) is 0 Å². The summed E-state index contributed by atoms with van der Waals surface area (Å²) in [5.41, 5.74) is 3.59. The van der Waals surface area contributed by atoms with Gasteiger partial charge in [0.15, 0.2) is 0 Å². The van der Waals surface area contributed by atoms with Gasteiger partial charge in [0.2, 0.25) is 0 Å². The standard InChI is InChI=1S/C22H22BrN3O2/c1-15-13-20(19-14-16(23)3-8-21(19)24-15)22(27)26-11-9-25(10-12-26)17-4-6-18(28-2)7-5-17/h3-8,13-14H,9-12H2,1-2H3. The topological polar surface area (TPSA) is 45.7 Å². The number of aromatic nitrogens is 1. The van der Waals surface area contributed by atoms with E-state index in [1.54, 1.807) is 7.11 Å². The molecule has 2 heterocycles. The van der Waals surface area contributed by atoms with Crippen LogP contribution in [0.4, 0.5) is 5.69 Å². The summed E-state index contributed by atoms with van der Waals surface area (Å²) in [6.07, 6.45) is 0. The Hall–Kier alpha value is -2.60. The van der Waals surface area contributed by atoms with Gasteiger partial charge in [0.1, 0.15) is 5.75 Å². The Morgan fingerprint density at radius 1 is 1.04 bits per heavy atom. The van der Waals surface area contributed by atoms with Crippen LogP contribution < -0.4 is 9.64 Å². The smallest absolute Gasteiger partial charge is 0.254 e. The molecular formula is C22H22BrN3O2. The van der Waals surface area contributed by atoms with E-state index >= 15 is 0 Å². The molecule has 4 rings (SSSR count). The average molecular weight is 440 g/mol. The molecule has 2 aromatic carbocycles. The zero-order valence-corrected chi connectivity index (χ0v) is 17.6. The second-order valence-corrected chi connectivity index (χ2v) is 7.87. The van der Waals surface area contributed by atoms with Gasteiger partial charge in [-0.1, -0.05) is 15.9 Å². The minimum Gasteiger partial charge on any atom is -0.497 e. The highest BCUT2D eigenvalue weighted by molar-refractivity contribution is 9.10. The van der Waals surface area contributed by atoms with E-state index in [1.807, 2.05) is 48.2 Å². The first-order valence-electron chi connectivity index (χ1n) is 9.30. The summed E-state index contributed by atoms with van der Waals surface area (Å²) in [4.78, 5) is 22.1. The van der Waals surface area contributed by atoms with Crippen LogP contribution in [0, 0.1) is 6.92 Å². The lowest BCUT2D eigenvalue weighted by atomic mass is 10.1. The molecule has 6 heteroatoms. The van der Waals surface area contributed by atoms with Crippen LogP contribution in [0.25, 0.3) is 10.9 Å². The molecular weight excluding hydrogens is 418 g/mol. The fourth-order valence-corrected chi connectivity index (χ4v) is 4.00. The van der Waals surface area contributed by atoms with Crippen LogP contribution in [0.15, 0.2) is 53.0 Å². The Labute approximate surface area is 173 Å². The molecule has 3 aromatic rings. The third-order valence-corrected chi connectivity index (χ3v) is 5.63. The van der Waals surface area contributed by atoms with Crippen LogP contribution in [-0.4, -0.2) is 49.1 Å². The molecule has 0 aliphatic carbocycles. The van der Waals surface area contributed by atoms with Crippen molar-refractivity contribution >= 4 is 38.4 Å². The number of carbonyl (C=O) groups is 1. The minimum absolute atomic E-state index is 0.0722. The lowest BCUT2D eigenvalue weighted by molar-refractivity contribution is 0.0748. The number of amides is 1. The molecule has 0 bridgehead atoms. The second-order valence-electron chi connectivity index (χ2n) is 6.95. The van der Waals surface area contributed by atoms with Crippen molar-refractivity contribution in [2.75, 3.05) is 38.2 Å². The van der Waals surface area contributed by atoms with Crippen molar-refractivity contribution in [3.8, 4) is 5.75 Å². The summed E-state index contributed by atoms with van der Waals surface area (Å²) in [5, 5.41) is 0.891. The number of fused-ring (bicyclic) bond motifs is 1. The van der Waals surface area contributed by atoms with E-state index in [0.29, 0.717) is 13.1 Å². The maximum absolute atomic E-state index is 13.3. The number of piperazine rings is 1. The minimum atomic E-state index is 0.0722. The molecule has 0 atom stereocenters. The monoisotopic (exact) mass is 439 g/mol. The van der Waals surface area contributed by atoms with E-state index in [9.17, 15) is 4.79 Å². The molecule has 0 spiro atoms. The highest BCUT2D eigenvalue weighted by Crippen LogP contribution is 2.25. The Morgan fingerprint density at radius 2 is 1.75 bits per heavy atom. The highest BCUT2D eigenvalue weighted by Gasteiger charge is 2.24. The molecule has 5 nitrogen and oxygen atoms in total. The van der Waals surface area contributed by atoms with E-state index in [2.05, 4.69) is 37.9 Å². The third kappa shape index (κ3) is 3.69. The van der Waals surface area contributed by atoms with Gasteiger partial charge >= 0.3 is 0 Å². The Kier molecular flexibility index (Phi) is 5.22. The van der Waals surface area contributed by atoms with Gasteiger partial charge < -0.3 is 14.5 Å².